The van der Waals surface area contributed by atoms with Crippen molar-refractivity contribution in [2.45, 2.75) is 25.4 Å². The lowest BCUT2D eigenvalue weighted by Gasteiger charge is -2.07. The minimum absolute atomic E-state index is 0.0118. The zero-order valence-corrected chi connectivity index (χ0v) is 15.9. The number of hydrogen-bond donors (Lipinski definition) is 1. The van der Waals surface area contributed by atoms with E-state index in [9.17, 15) is 9.59 Å². The molecule has 0 atom stereocenters. The van der Waals surface area contributed by atoms with Crippen molar-refractivity contribution in [3.63, 3.8) is 0 Å². The summed E-state index contributed by atoms with van der Waals surface area (Å²) in [5, 5.41) is 15.0. The third kappa shape index (κ3) is 4.79. The molecule has 8 heteroatoms. The molecule has 0 bridgehead atoms. The number of aryl methyl sites for hydroxylation is 1. The topological polar surface area (TPSA) is 89.8 Å². The molecule has 3 rings (SSSR count). The van der Waals surface area contributed by atoms with Crippen molar-refractivity contribution < 1.29 is 9.59 Å². The summed E-state index contributed by atoms with van der Waals surface area (Å²) in [5.41, 5.74) is 3.33. The molecule has 1 heterocycles. The quantitative estimate of drug-likeness (QED) is 0.499. The van der Waals surface area contributed by atoms with E-state index in [2.05, 4.69) is 27.8 Å². The van der Waals surface area contributed by atoms with Crippen molar-refractivity contribution in [1.82, 2.24) is 20.2 Å². The molecule has 27 heavy (non-hydrogen) atoms. The number of hydrogen-bond acceptors (Lipinski definition) is 6. The van der Waals surface area contributed by atoms with Crippen LogP contribution in [-0.4, -0.2) is 37.7 Å². The Bertz CT molecular complexity index is 935. The summed E-state index contributed by atoms with van der Waals surface area (Å²) in [5.74, 6) is -0.0179. The molecule has 3 aromatic rings. The van der Waals surface area contributed by atoms with Gasteiger partial charge in [-0.2, -0.15) is 4.68 Å². The van der Waals surface area contributed by atoms with Gasteiger partial charge in [-0.05, 0) is 65.7 Å². The number of amides is 1. The maximum absolute atomic E-state index is 12.2. The van der Waals surface area contributed by atoms with Crippen LogP contribution in [0, 0.1) is 0 Å². The first-order chi connectivity index (χ1) is 13.1. The highest BCUT2D eigenvalue weighted by molar-refractivity contribution is 7.99. The van der Waals surface area contributed by atoms with Crippen molar-refractivity contribution >= 4 is 29.1 Å². The monoisotopic (exact) mass is 381 g/mol. The molecular weight excluding hydrogens is 362 g/mol. The first kappa shape index (κ1) is 18.8. The first-order valence-electron chi connectivity index (χ1n) is 8.48. The third-order valence-corrected chi connectivity index (χ3v) is 4.86. The third-order valence-electron chi connectivity index (χ3n) is 3.94. The van der Waals surface area contributed by atoms with Gasteiger partial charge in [0.2, 0.25) is 11.1 Å². The molecule has 0 spiro atoms. The van der Waals surface area contributed by atoms with E-state index in [4.69, 9.17) is 0 Å². The van der Waals surface area contributed by atoms with Gasteiger partial charge in [-0.25, -0.2) is 0 Å². The number of thioether (sulfide) groups is 1. The van der Waals surface area contributed by atoms with E-state index in [1.807, 2.05) is 24.3 Å². The molecule has 7 nitrogen and oxygen atoms in total. The highest BCUT2D eigenvalue weighted by Crippen LogP contribution is 2.19. The molecule has 138 valence electrons. The number of rotatable bonds is 7. The summed E-state index contributed by atoms with van der Waals surface area (Å²) in [6, 6.07) is 14.8. The maximum Gasteiger partial charge on any atom is 0.234 e. The van der Waals surface area contributed by atoms with E-state index in [1.54, 1.807) is 28.9 Å². The van der Waals surface area contributed by atoms with Crippen molar-refractivity contribution in [3.8, 4) is 5.69 Å². The van der Waals surface area contributed by atoms with E-state index >= 15 is 0 Å². The second-order valence-corrected chi connectivity index (χ2v) is 6.81. The predicted octanol–water partition coefficient (Wildman–Crippen LogP) is 3.16. The van der Waals surface area contributed by atoms with E-state index < -0.39 is 0 Å². The van der Waals surface area contributed by atoms with Gasteiger partial charge in [-0.1, -0.05) is 30.8 Å². The summed E-state index contributed by atoms with van der Waals surface area (Å²) in [6.07, 6.45) is 0.963. The number of carbonyl (C=O) groups is 2. The zero-order valence-electron chi connectivity index (χ0n) is 15.0. The van der Waals surface area contributed by atoms with Crippen LogP contribution in [0.5, 0.6) is 0 Å². The fraction of sp³-hybridized carbons (Fsp3) is 0.211. The second kappa shape index (κ2) is 8.59. The maximum atomic E-state index is 12.2. The molecule has 0 unspecified atom stereocenters. The van der Waals surface area contributed by atoms with Crippen LogP contribution < -0.4 is 5.32 Å². The van der Waals surface area contributed by atoms with Gasteiger partial charge in [0.15, 0.2) is 5.78 Å². The Labute approximate surface area is 161 Å². The van der Waals surface area contributed by atoms with Gasteiger partial charge >= 0.3 is 0 Å². The van der Waals surface area contributed by atoms with Crippen molar-refractivity contribution in [2.24, 2.45) is 0 Å². The minimum atomic E-state index is -0.175. The molecule has 0 saturated heterocycles. The van der Waals surface area contributed by atoms with Crippen LogP contribution in [0.2, 0.25) is 0 Å². The summed E-state index contributed by atoms with van der Waals surface area (Å²) < 4.78 is 1.61. The summed E-state index contributed by atoms with van der Waals surface area (Å²) in [4.78, 5) is 23.5. The number of benzene rings is 2. The molecule has 1 amide bonds. The number of Topliss-reactive ketones (excluding diaryl/α,β-unsaturated/α-hetero) is 1. The fourth-order valence-corrected chi connectivity index (χ4v) is 3.11. The first-order valence-corrected chi connectivity index (χ1v) is 9.46. The molecule has 2 aromatic carbocycles. The van der Waals surface area contributed by atoms with Crippen LogP contribution >= 0.6 is 11.8 Å². The molecule has 0 aliphatic carbocycles. The number of ketones is 1. The van der Waals surface area contributed by atoms with Crippen LogP contribution in [0.1, 0.15) is 29.8 Å². The zero-order chi connectivity index (χ0) is 19.2. The Morgan fingerprint density at radius 3 is 2.41 bits per heavy atom. The van der Waals surface area contributed by atoms with Gasteiger partial charge in [-0.3, -0.25) is 9.59 Å². The second-order valence-electron chi connectivity index (χ2n) is 5.86. The number of anilines is 1. The molecule has 1 aromatic heterocycles. The Morgan fingerprint density at radius 2 is 1.78 bits per heavy atom. The number of carbonyl (C=O) groups excluding carboxylic acids is 2. The lowest BCUT2D eigenvalue weighted by Crippen LogP contribution is -2.14. The molecular formula is C19H19N5O2S. The highest BCUT2D eigenvalue weighted by Gasteiger charge is 2.12. The minimum Gasteiger partial charge on any atom is -0.325 e. The van der Waals surface area contributed by atoms with Crippen molar-refractivity contribution in [3.05, 3.63) is 59.7 Å². The van der Waals surface area contributed by atoms with E-state index in [-0.39, 0.29) is 17.4 Å². The Hall–Kier alpha value is -3.00. The summed E-state index contributed by atoms with van der Waals surface area (Å²) in [6.45, 7) is 3.60. The van der Waals surface area contributed by atoms with Crippen LogP contribution in [0.4, 0.5) is 5.69 Å². The van der Waals surface area contributed by atoms with E-state index in [1.165, 1.54) is 24.2 Å². The SMILES string of the molecule is CCc1ccc(-n2nnnc2SCC(=O)Nc2ccc(C(C)=O)cc2)cc1. The summed E-state index contributed by atoms with van der Waals surface area (Å²) in [7, 11) is 0. The van der Waals surface area contributed by atoms with Gasteiger partial charge in [0, 0.05) is 11.3 Å². The Morgan fingerprint density at radius 1 is 1.07 bits per heavy atom. The number of aromatic nitrogens is 4. The molecule has 0 fully saturated rings. The standard InChI is InChI=1S/C19H19N5O2S/c1-3-14-4-10-17(11-5-14)24-19(21-22-23-24)27-12-18(26)20-16-8-6-15(7-9-16)13(2)25/h4-11H,3,12H2,1-2H3,(H,20,26). The highest BCUT2D eigenvalue weighted by atomic mass is 32.2. The smallest absolute Gasteiger partial charge is 0.234 e. The number of nitrogens with zero attached hydrogens (tertiary/aromatic N) is 4. The van der Waals surface area contributed by atoms with Crippen LogP contribution in [-0.2, 0) is 11.2 Å². The Balaban J connectivity index is 1.60. The van der Waals surface area contributed by atoms with Gasteiger partial charge in [0.05, 0.1) is 11.4 Å². The molecule has 1 N–H and O–H groups in total. The van der Waals surface area contributed by atoms with Crippen LogP contribution in [0.3, 0.4) is 0 Å². The fourth-order valence-electron chi connectivity index (χ4n) is 2.42. The lowest BCUT2D eigenvalue weighted by molar-refractivity contribution is -0.113. The normalized spacial score (nSPS) is 10.6. The van der Waals surface area contributed by atoms with Gasteiger partial charge in [0.1, 0.15) is 0 Å². The summed E-state index contributed by atoms with van der Waals surface area (Å²) >= 11 is 1.25. The van der Waals surface area contributed by atoms with E-state index in [0.29, 0.717) is 16.4 Å². The number of tetrazole rings is 1. The molecule has 0 aliphatic heterocycles. The number of nitrogens with one attached hydrogen (secondary N) is 1. The van der Waals surface area contributed by atoms with Crippen molar-refractivity contribution in [1.29, 1.82) is 0 Å². The Kier molecular flexibility index (Phi) is 5.97. The van der Waals surface area contributed by atoms with E-state index in [0.717, 1.165) is 12.1 Å². The predicted molar refractivity (Wildman–Crippen MR) is 104 cm³/mol. The van der Waals surface area contributed by atoms with Crippen LogP contribution in [0.15, 0.2) is 53.7 Å². The van der Waals surface area contributed by atoms with Gasteiger partial charge < -0.3 is 5.32 Å². The average Bonchev–Trinajstić information content (AvgIpc) is 3.15. The molecule has 0 saturated carbocycles. The lowest BCUT2D eigenvalue weighted by atomic mass is 10.1. The molecule has 0 radical (unpaired) electrons. The largest absolute Gasteiger partial charge is 0.325 e. The molecule has 0 aliphatic rings. The average molecular weight is 381 g/mol. The van der Waals surface area contributed by atoms with Crippen molar-refractivity contribution in [2.75, 3.05) is 11.1 Å². The van der Waals surface area contributed by atoms with Crippen LogP contribution in [0.25, 0.3) is 5.69 Å². The van der Waals surface area contributed by atoms with Gasteiger partial charge in [0.25, 0.3) is 0 Å². The van der Waals surface area contributed by atoms with Gasteiger partial charge in [-0.15, -0.1) is 5.10 Å².